The summed E-state index contributed by atoms with van der Waals surface area (Å²) in [5.74, 6) is 0.00602. The fourth-order valence-electron chi connectivity index (χ4n) is 0.810. The van der Waals surface area contributed by atoms with E-state index in [1.807, 2.05) is 5.48 Å². The Balaban J connectivity index is 2.74. The quantitative estimate of drug-likeness (QED) is 0.517. The third-order valence-corrected chi connectivity index (χ3v) is 1.42. The molecule has 0 aromatic carbocycles. The van der Waals surface area contributed by atoms with Crippen molar-refractivity contribution in [1.82, 2.24) is 5.48 Å². The summed E-state index contributed by atoms with van der Waals surface area (Å²) >= 11 is 0. The molecule has 0 saturated carbocycles. The molecule has 54 valence electrons. The van der Waals surface area contributed by atoms with Gasteiger partial charge in [-0.25, -0.2) is 0 Å². The average molecular weight is 139 g/mol. The van der Waals surface area contributed by atoms with Crippen LogP contribution in [0.1, 0.15) is 6.92 Å². The van der Waals surface area contributed by atoms with E-state index in [0.717, 1.165) is 0 Å². The molecule has 0 aromatic heterocycles. The first-order chi connectivity index (χ1) is 4.74. The lowest BCUT2D eigenvalue weighted by Gasteiger charge is -2.09. The molecule has 0 bridgehead atoms. The van der Waals surface area contributed by atoms with Crippen molar-refractivity contribution in [3.05, 3.63) is 23.8 Å². The van der Waals surface area contributed by atoms with Gasteiger partial charge in [-0.15, -0.1) is 0 Å². The Morgan fingerprint density at radius 3 is 2.90 bits per heavy atom. The maximum absolute atomic E-state index is 10.8. The highest BCUT2D eigenvalue weighted by Crippen LogP contribution is 2.05. The number of hydroxylamine groups is 1. The molecule has 1 rings (SSSR count). The zero-order valence-electron chi connectivity index (χ0n) is 5.66. The van der Waals surface area contributed by atoms with Crippen molar-refractivity contribution < 1.29 is 10.0 Å². The van der Waals surface area contributed by atoms with Crippen molar-refractivity contribution >= 4 is 5.78 Å². The molecule has 1 aliphatic carbocycles. The van der Waals surface area contributed by atoms with Crippen molar-refractivity contribution in [2.75, 3.05) is 0 Å². The molecule has 2 N–H and O–H groups in total. The molecular formula is C7H9NO2. The number of ketones is 1. The van der Waals surface area contributed by atoms with Crippen molar-refractivity contribution in [3.63, 3.8) is 0 Å². The Hall–Kier alpha value is -0.930. The van der Waals surface area contributed by atoms with E-state index in [2.05, 4.69) is 0 Å². The molecular weight excluding hydrogens is 130 g/mol. The van der Waals surface area contributed by atoms with Gasteiger partial charge in [-0.2, -0.15) is 5.48 Å². The molecule has 0 aliphatic heterocycles. The van der Waals surface area contributed by atoms with Gasteiger partial charge < -0.3 is 5.21 Å². The third kappa shape index (κ3) is 1.32. The Morgan fingerprint density at radius 1 is 1.70 bits per heavy atom. The van der Waals surface area contributed by atoms with Crippen LogP contribution in [0.5, 0.6) is 0 Å². The number of nitrogens with one attached hydrogen (secondary N) is 1. The van der Waals surface area contributed by atoms with E-state index in [0.29, 0.717) is 5.57 Å². The second-order valence-corrected chi connectivity index (χ2v) is 2.23. The molecule has 0 radical (unpaired) electrons. The third-order valence-electron chi connectivity index (χ3n) is 1.42. The van der Waals surface area contributed by atoms with Crippen LogP contribution in [0.4, 0.5) is 0 Å². The predicted molar refractivity (Wildman–Crippen MR) is 36.6 cm³/mol. The van der Waals surface area contributed by atoms with Gasteiger partial charge in [0.1, 0.15) is 0 Å². The van der Waals surface area contributed by atoms with E-state index in [1.165, 1.54) is 6.08 Å². The van der Waals surface area contributed by atoms with Crippen molar-refractivity contribution in [2.24, 2.45) is 0 Å². The Kier molecular flexibility index (Phi) is 1.99. The van der Waals surface area contributed by atoms with Crippen LogP contribution in [-0.4, -0.2) is 17.0 Å². The van der Waals surface area contributed by atoms with Gasteiger partial charge in [0.25, 0.3) is 0 Å². The van der Waals surface area contributed by atoms with Crippen molar-refractivity contribution in [1.29, 1.82) is 0 Å². The zero-order valence-corrected chi connectivity index (χ0v) is 5.66. The minimum absolute atomic E-state index is 0.00602. The monoisotopic (exact) mass is 139 g/mol. The number of rotatable bonds is 1. The predicted octanol–water partition coefficient (Wildman–Crippen LogP) is 0.419. The molecule has 10 heavy (non-hydrogen) atoms. The zero-order chi connectivity index (χ0) is 7.56. The number of hydrogen-bond donors (Lipinski definition) is 2. The molecule has 3 heteroatoms. The highest BCUT2D eigenvalue weighted by molar-refractivity contribution is 6.04. The standard InChI is InChI=1S/C7H9NO2/c1-5-4-6(8-10)2-3-7(5)9/h2-4,6,8,10H,1H3. The topological polar surface area (TPSA) is 49.3 Å². The molecule has 0 fully saturated rings. The highest BCUT2D eigenvalue weighted by atomic mass is 16.5. The maximum Gasteiger partial charge on any atom is 0.181 e. The Bertz CT molecular complexity index is 206. The van der Waals surface area contributed by atoms with Crippen molar-refractivity contribution in [3.8, 4) is 0 Å². The maximum atomic E-state index is 10.8. The minimum Gasteiger partial charge on any atom is -0.316 e. The number of carbonyl (C=O) groups excluding carboxylic acids is 1. The second-order valence-electron chi connectivity index (χ2n) is 2.23. The van der Waals surface area contributed by atoms with Crippen LogP contribution >= 0.6 is 0 Å². The molecule has 0 spiro atoms. The van der Waals surface area contributed by atoms with Crippen LogP contribution in [0.3, 0.4) is 0 Å². The van der Waals surface area contributed by atoms with E-state index < -0.39 is 0 Å². The molecule has 3 nitrogen and oxygen atoms in total. The van der Waals surface area contributed by atoms with Gasteiger partial charge >= 0.3 is 0 Å². The molecule has 0 amide bonds. The minimum atomic E-state index is -0.210. The summed E-state index contributed by atoms with van der Waals surface area (Å²) in [6.07, 6.45) is 4.72. The average Bonchev–Trinajstić information content (AvgIpc) is 1.95. The number of hydrogen-bond acceptors (Lipinski definition) is 3. The van der Waals surface area contributed by atoms with Gasteiger partial charge in [0.05, 0.1) is 6.04 Å². The van der Waals surface area contributed by atoms with Crippen LogP contribution < -0.4 is 5.48 Å². The fraction of sp³-hybridized carbons (Fsp3) is 0.286. The van der Waals surface area contributed by atoms with Gasteiger partial charge in [-0.3, -0.25) is 4.79 Å². The molecule has 0 heterocycles. The Labute approximate surface area is 59.0 Å². The van der Waals surface area contributed by atoms with E-state index >= 15 is 0 Å². The largest absolute Gasteiger partial charge is 0.316 e. The summed E-state index contributed by atoms with van der Waals surface area (Å²) in [6, 6.07) is -0.210. The summed E-state index contributed by atoms with van der Waals surface area (Å²) in [4.78, 5) is 10.8. The summed E-state index contributed by atoms with van der Waals surface area (Å²) in [7, 11) is 0. The second kappa shape index (κ2) is 2.77. The van der Waals surface area contributed by atoms with E-state index in [-0.39, 0.29) is 11.8 Å². The summed E-state index contributed by atoms with van der Waals surface area (Å²) in [6.45, 7) is 1.72. The van der Waals surface area contributed by atoms with Gasteiger partial charge in [0, 0.05) is 0 Å². The summed E-state index contributed by atoms with van der Waals surface area (Å²) < 4.78 is 0. The fourth-order valence-corrected chi connectivity index (χ4v) is 0.810. The van der Waals surface area contributed by atoms with Gasteiger partial charge in [-0.1, -0.05) is 12.2 Å². The first-order valence-corrected chi connectivity index (χ1v) is 3.04. The molecule has 0 saturated heterocycles. The lowest BCUT2D eigenvalue weighted by molar-refractivity contribution is -0.111. The van der Waals surface area contributed by atoms with Crippen LogP contribution in [0.2, 0.25) is 0 Å². The highest BCUT2D eigenvalue weighted by Gasteiger charge is 2.09. The number of allylic oxidation sites excluding steroid dienone is 2. The van der Waals surface area contributed by atoms with Crippen molar-refractivity contribution in [2.45, 2.75) is 13.0 Å². The summed E-state index contributed by atoms with van der Waals surface area (Å²) in [5.41, 5.74) is 2.70. The first-order valence-electron chi connectivity index (χ1n) is 3.04. The van der Waals surface area contributed by atoms with Crippen LogP contribution in [0.25, 0.3) is 0 Å². The van der Waals surface area contributed by atoms with Crippen LogP contribution in [0.15, 0.2) is 23.8 Å². The SMILES string of the molecule is CC1=CC(NO)C=CC1=O. The summed E-state index contributed by atoms with van der Waals surface area (Å²) in [5, 5.41) is 8.44. The normalized spacial score (nSPS) is 24.8. The van der Waals surface area contributed by atoms with Gasteiger partial charge in [0.2, 0.25) is 0 Å². The van der Waals surface area contributed by atoms with Crippen LogP contribution in [-0.2, 0) is 4.79 Å². The molecule has 0 aromatic rings. The van der Waals surface area contributed by atoms with Gasteiger partial charge in [-0.05, 0) is 18.6 Å². The van der Waals surface area contributed by atoms with Crippen LogP contribution in [0, 0.1) is 0 Å². The van der Waals surface area contributed by atoms with E-state index in [9.17, 15) is 4.79 Å². The van der Waals surface area contributed by atoms with Gasteiger partial charge in [0.15, 0.2) is 5.78 Å². The molecule has 1 aliphatic rings. The van der Waals surface area contributed by atoms with E-state index in [1.54, 1.807) is 19.1 Å². The molecule has 1 unspecified atom stereocenters. The first kappa shape index (κ1) is 7.18. The Morgan fingerprint density at radius 2 is 2.40 bits per heavy atom. The lowest BCUT2D eigenvalue weighted by Crippen LogP contribution is -2.24. The van der Waals surface area contributed by atoms with E-state index in [4.69, 9.17) is 5.21 Å². The molecule has 1 atom stereocenters. The smallest absolute Gasteiger partial charge is 0.181 e. The number of carbonyl (C=O) groups is 1. The lowest BCUT2D eigenvalue weighted by atomic mass is 10.0.